The first kappa shape index (κ1) is 23.3. The summed E-state index contributed by atoms with van der Waals surface area (Å²) in [6, 6.07) is 6.66. The van der Waals surface area contributed by atoms with Crippen LogP contribution in [-0.2, 0) is 9.59 Å². The molecule has 3 rings (SSSR count). The topological polar surface area (TPSA) is 137 Å². The van der Waals surface area contributed by atoms with Crippen LogP contribution in [0.5, 0.6) is 5.75 Å². The van der Waals surface area contributed by atoms with E-state index in [4.69, 9.17) is 4.74 Å². The number of methoxy groups -OCH3 is 1. The number of nitrogens with one attached hydrogen (secondary N) is 3. The van der Waals surface area contributed by atoms with Gasteiger partial charge in [-0.05, 0) is 37.3 Å². The first-order valence-electron chi connectivity index (χ1n) is 10.9. The second-order valence-corrected chi connectivity index (χ2v) is 8.60. The summed E-state index contributed by atoms with van der Waals surface area (Å²) in [7, 11) is 1.54. The molecule has 1 aromatic carbocycles. The Bertz CT molecular complexity index is 1040. The molecule has 3 N–H and O–H groups in total. The number of amides is 2. The van der Waals surface area contributed by atoms with Crippen molar-refractivity contribution in [1.29, 1.82) is 5.26 Å². The first-order chi connectivity index (χ1) is 15.3. The lowest BCUT2D eigenvalue weighted by Crippen LogP contribution is -2.41. The van der Waals surface area contributed by atoms with Crippen molar-refractivity contribution in [2.75, 3.05) is 13.7 Å². The third-order valence-electron chi connectivity index (χ3n) is 5.67. The molecule has 0 saturated carbocycles. The van der Waals surface area contributed by atoms with E-state index in [1.807, 2.05) is 13.8 Å². The van der Waals surface area contributed by atoms with Crippen LogP contribution in [0.2, 0.25) is 0 Å². The molecular weight excluding hydrogens is 410 g/mol. The zero-order valence-corrected chi connectivity index (χ0v) is 18.6. The smallest absolute Gasteiger partial charge is 0.224 e. The summed E-state index contributed by atoms with van der Waals surface area (Å²) >= 11 is 0. The standard InChI is InChI=1S/C23H29N5O4/c1-13(2)9-15(23(31)26-16(12-24)10-14-7-8-25-22(14)30)11-18(29)21-27-17-5-4-6-19(32-3)20(17)28-21/h4-6,13-16H,7-11H2,1-3H3,(H,25,30)(H,26,31)(H,27,28)/t14-,15+,16-/m0/s1. The lowest BCUT2D eigenvalue weighted by Gasteiger charge is -2.21. The van der Waals surface area contributed by atoms with Crippen molar-refractivity contribution in [3.8, 4) is 11.8 Å². The molecule has 3 atom stereocenters. The minimum atomic E-state index is -0.781. The Morgan fingerprint density at radius 2 is 2.16 bits per heavy atom. The predicted molar refractivity (Wildman–Crippen MR) is 118 cm³/mol. The van der Waals surface area contributed by atoms with Crippen LogP contribution in [0.15, 0.2) is 18.2 Å². The quantitative estimate of drug-likeness (QED) is 0.486. The van der Waals surface area contributed by atoms with Crippen LogP contribution in [0.1, 0.15) is 50.1 Å². The first-order valence-corrected chi connectivity index (χ1v) is 10.9. The molecule has 0 aliphatic carbocycles. The van der Waals surface area contributed by atoms with E-state index in [0.717, 1.165) is 0 Å². The van der Waals surface area contributed by atoms with Gasteiger partial charge in [0.1, 0.15) is 17.3 Å². The zero-order valence-electron chi connectivity index (χ0n) is 18.6. The highest BCUT2D eigenvalue weighted by molar-refractivity contribution is 5.99. The molecule has 0 radical (unpaired) electrons. The Kier molecular flexibility index (Phi) is 7.46. The number of benzene rings is 1. The monoisotopic (exact) mass is 439 g/mol. The van der Waals surface area contributed by atoms with Crippen LogP contribution < -0.4 is 15.4 Å². The summed E-state index contributed by atoms with van der Waals surface area (Å²) < 4.78 is 5.29. The summed E-state index contributed by atoms with van der Waals surface area (Å²) in [6.45, 7) is 4.53. The van der Waals surface area contributed by atoms with Gasteiger partial charge in [-0.3, -0.25) is 14.4 Å². The molecule has 2 heterocycles. The van der Waals surface area contributed by atoms with Gasteiger partial charge >= 0.3 is 0 Å². The molecule has 170 valence electrons. The number of H-pyrrole nitrogens is 1. The van der Waals surface area contributed by atoms with Crippen LogP contribution in [0.4, 0.5) is 0 Å². The predicted octanol–water partition coefficient (Wildman–Crippen LogP) is 2.34. The van der Waals surface area contributed by atoms with Gasteiger partial charge in [0, 0.05) is 24.8 Å². The Balaban J connectivity index is 1.71. The maximum Gasteiger partial charge on any atom is 0.224 e. The number of aromatic nitrogens is 2. The van der Waals surface area contributed by atoms with Gasteiger partial charge in [-0.15, -0.1) is 0 Å². The Hall–Kier alpha value is -3.41. The number of carbonyl (C=O) groups excluding carboxylic acids is 3. The number of hydrogen-bond acceptors (Lipinski definition) is 6. The number of imidazole rings is 1. The fourth-order valence-electron chi connectivity index (χ4n) is 4.06. The molecule has 1 aromatic heterocycles. The number of para-hydroxylation sites is 1. The number of ether oxygens (including phenoxy) is 1. The van der Waals surface area contributed by atoms with Gasteiger partial charge in [0.15, 0.2) is 11.6 Å². The van der Waals surface area contributed by atoms with E-state index < -0.39 is 12.0 Å². The normalized spacial score (nSPS) is 17.6. The van der Waals surface area contributed by atoms with Gasteiger partial charge in [-0.1, -0.05) is 19.9 Å². The van der Waals surface area contributed by atoms with Gasteiger partial charge in [0.05, 0.1) is 18.7 Å². The third-order valence-corrected chi connectivity index (χ3v) is 5.67. The van der Waals surface area contributed by atoms with E-state index in [2.05, 4.69) is 26.7 Å². The van der Waals surface area contributed by atoms with Crippen LogP contribution in [-0.4, -0.2) is 47.3 Å². The maximum absolute atomic E-state index is 13.0. The average molecular weight is 440 g/mol. The fraction of sp³-hybridized carbons (Fsp3) is 0.522. The number of Topliss-reactive ketones (excluding diaryl/α,β-unsaturated/α-hetero) is 1. The van der Waals surface area contributed by atoms with Crippen molar-refractivity contribution in [1.82, 2.24) is 20.6 Å². The van der Waals surface area contributed by atoms with E-state index in [-0.39, 0.29) is 48.1 Å². The van der Waals surface area contributed by atoms with Crippen molar-refractivity contribution in [2.45, 2.75) is 45.6 Å². The number of nitrogens with zero attached hydrogens (tertiary/aromatic N) is 2. The van der Waals surface area contributed by atoms with Crippen molar-refractivity contribution >= 4 is 28.6 Å². The van der Waals surface area contributed by atoms with Crippen molar-refractivity contribution in [2.24, 2.45) is 17.8 Å². The van der Waals surface area contributed by atoms with E-state index in [0.29, 0.717) is 36.2 Å². The molecule has 2 amide bonds. The molecule has 32 heavy (non-hydrogen) atoms. The van der Waals surface area contributed by atoms with Gasteiger partial charge in [0.25, 0.3) is 0 Å². The minimum Gasteiger partial charge on any atom is -0.494 e. The molecule has 0 spiro atoms. The van der Waals surface area contributed by atoms with E-state index >= 15 is 0 Å². The minimum absolute atomic E-state index is 0.0335. The van der Waals surface area contributed by atoms with E-state index in [9.17, 15) is 19.6 Å². The highest BCUT2D eigenvalue weighted by atomic mass is 16.5. The van der Waals surface area contributed by atoms with Crippen molar-refractivity contribution in [3.63, 3.8) is 0 Å². The summed E-state index contributed by atoms with van der Waals surface area (Å²) in [5.41, 5.74) is 1.24. The van der Waals surface area contributed by atoms with Crippen molar-refractivity contribution in [3.05, 3.63) is 24.0 Å². The summed E-state index contributed by atoms with van der Waals surface area (Å²) in [5, 5.41) is 15.0. The Labute approximate surface area is 186 Å². The van der Waals surface area contributed by atoms with Gasteiger partial charge < -0.3 is 20.4 Å². The highest BCUT2D eigenvalue weighted by Gasteiger charge is 2.31. The summed E-state index contributed by atoms with van der Waals surface area (Å²) in [4.78, 5) is 45.1. The molecule has 9 heteroatoms. The van der Waals surface area contributed by atoms with Crippen LogP contribution >= 0.6 is 0 Å². The highest BCUT2D eigenvalue weighted by Crippen LogP contribution is 2.25. The largest absolute Gasteiger partial charge is 0.494 e. The number of ketones is 1. The summed E-state index contributed by atoms with van der Waals surface area (Å²) in [5.74, 6) is -0.711. The molecule has 0 unspecified atom stereocenters. The van der Waals surface area contributed by atoms with Gasteiger partial charge in [-0.2, -0.15) is 5.26 Å². The van der Waals surface area contributed by atoms with E-state index in [1.165, 1.54) is 7.11 Å². The Morgan fingerprint density at radius 1 is 1.38 bits per heavy atom. The van der Waals surface area contributed by atoms with Crippen molar-refractivity contribution < 1.29 is 19.1 Å². The fourth-order valence-corrected chi connectivity index (χ4v) is 4.06. The lowest BCUT2D eigenvalue weighted by molar-refractivity contribution is -0.127. The Morgan fingerprint density at radius 3 is 2.78 bits per heavy atom. The van der Waals surface area contributed by atoms with Gasteiger partial charge in [-0.25, -0.2) is 4.98 Å². The number of carbonyl (C=O) groups is 3. The lowest BCUT2D eigenvalue weighted by atomic mass is 9.90. The number of rotatable bonds is 10. The average Bonchev–Trinajstić information content (AvgIpc) is 3.38. The molecule has 1 fully saturated rings. The molecule has 0 bridgehead atoms. The summed E-state index contributed by atoms with van der Waals surface area (Å²) in [6.07, 6.45) is 1.37. The molecular formula is C23H29N5O4. The second kappa shape index (κ2) is 10.3. The molecule has 2 aromatic rings. The zero-order chi connectivity index (χ0) is 23.3. The maximum atomic E-state index is 13.0. The van der Waals surface area contributed by atoms with Gasteiger partial charge in [0.2, 0.25) is 11.8 Å². The van der Waals surface area contributed by atoms with E-state index in [1.54, 1.807) is 18.2 Å². The van der Waals surface area contributed by atoms with Crippen LogP contribution in [0, 0.1) is 29.1 Å². The van der Waals surface area contributed by atoms with Crippen LogP contribution in [0.25, 0.3) is 11.0 Å². The third kappa shape index (κ3) is 5.44. The molecule has 9 nitrogen and oxygen atoms in total. The number of fused-ring (bicyclic) bond motifs is 1. The molecule has 1 aliphatic rings. The second-order valence-electron chi connectivity index (χ2n) is 8.60. The number of nitriles is 1. The number of aromatic amines is 1. The SMILES string of the molecule is COc1cccc2[nH]c(C(=O)C[C@@H](CC(C)C)C(=O)N[C@H](C#N)C[C@@H]3CCNC3=O)nc12. The van der Waals surface area contributed by atoms with Crippen LogP contribution in [0.3, 0.4) is 0 Å². The molecule has 1 aliphatic heterocycles. The molecule has 1 saturated heterocycles. The number of hydrogen-bond donors (Lipinski definition) is 3.